The third-order valence-electron chi connectivity index (χ3n) is 4.35. The molecule has 0 aliphatic heterocycles. The molecule has 2 N–H and O–H groups in total. The van der Waals surface area contributed by atoms with Crippen LogP contribution in [0.5, 0.6) is 0 Å². The average Bonchev–Trinajstić information content (AvgIpc) is 2.61. The highest BCUT2D eigenvalue weighted by atomic mass is 16.2. The zero-order valence-corrected chi connectivity index (χ0v) is 14.4. The standard InChI is InChI=1S/C18H22N4O3/c1-12(23)20-14-9-7-13(8-10-14)17(24)21-16-6-4-3-5-15(16)18(25)22(2)11-19/h7-10,15-16H,3-6H2,1-2H3,(H,20,23)(H,21,24)/t15-,16-/m1/s1. The van der Waals surface area contributed by atoms with Gasteiger partial charge < -0.3 is 10.6 Å². The number of anilines is 1. The number of nitriles is 1. The van der Waals surface area contributed by atoms with Crippen LogP contribution in [0.15, 0.2) is 24.3 Å². The van der Waals surface area contributed by atoms with Crippen LogP contribution in [0.3, 0.4) is 0 Å². The Kier molecular flexibility index (Phi) is 6.12. The van der Waals surface area contributed by atoms with Gasteiger partial charge in [-0.2, -0.15) is 5.26 Å². The van der Waals surface area contributed by atoms with Gasteiger partial charge >= 0.3 is 0 Å². The second-order valence-electron chi connectivity index (χ2n) is 6.23. The largest absolute Gasteiger partial charge is 0.349 e. The molecule has 1 aromatic rings. The van der Waals surface area contributed by atoms with E-state index >= 15 is 0 Å². The van der Waals surface area contributed by atoms with Crippen molar-refractivity contribution in [3.8, 4) is 6.19 Å². The number of rotatable bonds is 4. The first-order chi connectivity index (χ1) is 11.9. The number of carbonyl (C=O) groups excluding carboxylic acids is 3. The van der Waals surface area contributed by atoms with Gasteiger partial charge in [0.05, 0.1) is 5.92 Å². The Bertz CT molecular complexity index is 693. The van der Waals surface area contributed by atoms with Gasteiger partial charge in [0.1, 0.15) is 0 Å². The highest BCUT2D eigenvalue weighted by Gasteiger charge is 2.34. The normalized spacial score (nSPS) is 19.4. The number of carbonyl (C=O) groups is 3. The van der Waals surface area contributed by atoms with Crippen molar-refractivity contribution < 1.29 is 14.4 Å². The van der Waals surface area contributed by atoms with Crippen molar-refractivity contribution in [3.05, 3.63) is 29.8 Å². The number of hydrogen-bond acceptors (Lipinski definition) is 4. The molecule has 0 saturated heterocycles. The maximum absolute atomic E-state index is 12.5. The molecule has 2 rings (SSSR count). The summed E-state index contributed by atoms with van der Waals surface area (Å²) in [6.45, 7) is 1.42. The van der Waals surface area contributed by atoms with Crippen molar-refractivity contribution in [2.45, 2.75) is 38.6 Å². The van der Waals surface area contributed by atoms with E-state index in [9.17, 15) is 14.4 Å². The topological polar surface area (TPSA) is 102 Å². The summed E-state index contributed by atoms with van der Waals surface area (Å²) in [4.78, 5) is 36.8. The van der Waals surface area contributed by atoms with Gasteiger partial charge in [-0.25, -0.2) is 0 Å². The Morgan fingerprint density at radius 2 is 1.80 bits per heavy atom. The average molecular weight is 342 g/mol. The molecular formula is C18H22N4O3. The van der Waals surface area contributed by atoms with Gasteiger partial charge in [0.25, 0.3) is 5.91 Å². The molecule has 0 aromatic heterocycles. The molecule has 132 valence electrons. The van der Waals surface area contributed by atoms with E-state index in [1.165, 1.54) is 14.0 Å². The van der Waals surface area contributed by atoms with Crippen LogP contribution in [-0.4, -0.2) is 35.7 Å². The molecule has 0 radical (unpaired) electrons. The summed E-state index contributed by atoms with van der Waals surface area (Å²) in [5, 5.41) is 14.5. The van der Waals surface area contributed by atoms with Crippen LogP contribution < -0.4 is 10.6 Å². The number of benzene rings is 1. The van der Waals surface area contributed by atoms with Crippen molar-refractivity contribution in [3.63, 3.8) is 0 Å². The summed E-state index contributed by atoms with van der Waals surface area (Å²) in [5.74, 6) is -1.07. The second-order valence-corrected chi connectivity index (χ2v) is 6.23. The second kappa shape index (κ2) is 8.29. The summed E-state index contributed by atoms with van der Waals surface area (Å²) in [5.41, 5.74) is 1.07. The predicted octanol–water partition coefficient (Wildman–Crippen LogP) is 1.87. The van der Waals surface area contributed by atoms with Crippen LogP contribution in [0.25, 0.3) is 0 Å². The van der Waals surface area contributed by atoms with Crippen molar-refractivity contribution in [1.29, 1.82) is 5.26 Å². The molecule has 7 nitrogen and oxygen atoms in total. The summed E-state index contributed by atoms with van der Waals surface area (Å²) in [6.07, 6.45) is 5.05. The van der Waals surface area contributed by atoms with Gasteiger partial charge in [-0.15, -0.1) is 0 Å². The number of nitrogens with zero attached hydrogens (tertiary/aromatic N) is 2. The summed E-state index contributed by atoms with van der Waals surface area (Å²) < 4.78 is 0. The molecule has 1 fully saturated rings. The monoisotopic (exact) mass is 342 g/mol. The predicted molar refractivity (Wildman–Crippen MR) is 92.3 cm³/mol. The molecule has 0 bridgehead atoms. The molecule has 3 amide bonds. The number of hydrogen-bond donors (Lipinski definition) is 2. The SMILES string of the molecule is CC(=O)Nc1ccc(C(=O)N[C@@H]2CCCC[C@H]2C(=O)N(C)C#N)cc1. The summed E-state index contributed by atoms with van der Waals surface area (Å²) in [6, 6.07) is 6.29. The first-order valence-electron chi connectivity index (χ1n) is 8.28. The van der Waals surface area contributed by atoms with Crippen LogP contribution in [0.1, 0.15) is 43.0 Å². The molecular weight excluding hydrogens is 320 g/mol. The molecule has 0 unspecified atom stereocenters. The lowest BCUT2D eigenvalue weighted by Crippen LogP contribution is -2.48. The molecule has 0 heterocycles. The zero-order valence-electron chi connectivity index (χ0n) is 14.4. The fourth-order valence-electron chi connectivity index (χ4n) is 3.06. The molecule has 1 aliphatic carbocycles. The third kappa shape index (κ3) is 4.80. The van der Waals surface area contributed by atoms with Gasteiger partial charge in [0, 0.05) is 31.3 Å². The summed E-state index contributed by atoms with van der Waals surface area (Å²) in [7, 11) is 1.44. The summed E-state index contributed by atoms with van der Waals surface area (Å²) >= 11 is 0. The number of nitrogens with one attached hydrogen (secondary N) is 2. The lowest BCUT2D eigenvalue weighted by molar-refractivity contribution is -0.133. The van der Waals surface area contributed by atoms with Crippen molar-refractivity contribution in [1.82, 2.24) is 10.2 Å². The Morgan fingerprint density at radius 1 is 1.16 bits per heavy atom. The van der Waals surface area contributed by atoms with Crippen molar-refractivity contribution >= 4 is 23.4 Å². The third-order valence-corrected chi connectivity index (χ3v) is 4.35. The van der Waals surface area contributed by atoms with Crippen molar-refractivity contribution in [2.24, 2.45) is 5.92 Å². The van der Waals surface area contributed by atoms with Crippen LogP contribution in [0, 0.1) is 17.4 Å². The lowest BCUT2D eigenvalue weighted by Gasteiger charge is -2.32. The zero-order chi connectivity index (χ0) is 18.4. The van der Waals surface area contributed by atoms with E-state index in [4.69, 9.17) is 5.26 Å². The van der Waals surface area contributed by atoms with Crippen molar-refractivity contribution in [2.75, 3.05) is 12.4 Å². The number of amides is 3. The smallest absolute Gasteiger partial charge is 0.251 e. The Balaban J connectivity index is 2.05. The van der Waals surface area contributed by atoms with Gasteiger partial charge in [0.15, 0.2) is 6.19 Å². The molecule has 1 saturated carbocycles. The van der Waals surface area contributed by atoms with Gasteiger partial charge in [-0.1, -0.05) is 12.8 Å². The lowest BCUT2D eigenvalue weighted by atomic mass is 9.83. The van der Waals surface area contributed by atoms with E-state index in [0.29, 0.717) is 24.1 Å². The van der Waals surface area contributed by atoms with E-state index in [0.717, 1.165) is 17.7 Å². The quantitative estimate of drug-likeness (QED) is 0.644. The Labute approximate surface area is 147 Å². The van der Waals surface area contributed by atoms with Crippen LogP contribution >= 0.6 is 0 Å². The molecule has 1 aromatic carbocycles. The van der Waals surface area contributed by atoms with E-state index in [1.807, 2.05) is 6.19 Å². The van der Waals surface area contributed by atoms with E-state index in [2.05, 4.69) is 10.6 Å². The molecule has 2 atom stereocenters. The molecule has 0 spiro atoms. The maximum Gasteiger partial charge on any atom is 0.251 e. The minimum absolute atomic E-state index is 0.178. The van der Waals surface area contributed by atoms with E-state index in [1.54, 1.807) is 24.3 Å². The van der Waals surface area contributed by atoms with Crippen LogP contribution in [0.4, 0.5) is 5.69 Å². The van der Waals surface area contributed by atoms with E-state index < -0.39 is 0 Å². The highest BCUT2D eigenvalue weighted by molar-refractivity contribution is 5.96. The first kappa shape index (κ1) is 18.5. The minimum atomic E-state index is -0.374. The first-order valence-corrected chi connectivity index (χ1v) is 8.28. The van der Waals surface area contributed by atoms with E-state index in [-0.39, 0.29) is 29.7 Å². The molecule has 1 aliphatic rings. The molecule has 7 heteroatoms. The fraction of sp³-hybridized carbons (Fsp3) is 0.444. The van der Waals surface area contributed by atoms with Gasteiger partial charge in [-0.3, -0.25) is 19.3 Å². The molecule has 25 heavy (non-hydrogen) atoms. The van der Waals surface area contributed by atoms with Gasteiger partial charge in [0.2, 0.25) is 11.8 Å². The Hall–Kier alpha value is -2.88. The van der Waals surface area contributed by atoms with Gasteiger partial charge in [-0.05, 0) is 37.1 Å². The highest BCUT2D eigenvalue weighted by Crippen LogP contribution is 2.26. The Morgan fingerprint density at radius 3 is 2.40 bits per heavy atom. The van der Waals surface area contributed by atoms with Crippen LogP contribution in [0.2, 0.25) is 0 Å². The fourth-order valence-corrected chi connectivity index (χ4v) is 3.06. The minimum Gasteiger partial charge on any atom is -0.349 e. The van der Waals surface area contributed by atoms with Crippen LogP contribution in [-0.2, 0) is 9.59 Å². The maximum atomic E-state index is 12.5.